The molecule has 0 atom stereocenters. The van der Waals surface area contributed by atoms with E-state index in [1.54, 1.807) is 47.9 Å². The monoisotopic (exact) mass is 400 g/mol. The Morgan fingerprint density at radius 2 is 1.44 bits per heavy atom. The van der Waals surface area contributed by atoms with Crippen LogP contribution in [0.1, 0.15) is 20.7 Å². The predicted octanol–water partition coefficient (Wildman–Crippen LogP) is 5.03. The summed E-state index contributed by atoms with van der Waals surface area (Å²) in [5, 5.41) is 12.2. The molecule has 0 aliphatic rings. The van der Waals surface area contributed by atoms with Crippen molar-refractivity contribution in [3.63, 3.8) is 0 Å². The van der Waals surface area contributed by atoms with Crippen molar-refractivity contribution in [2.24, 2.45) is 0 Å². The van der Waals surface area contributed by atoms with Crippen LogP contribution in [-0.4, -0.2) is 17.0 Å². The molecule has 5 nitrogen and oxygen atoms in total. The molecule has 0 bridgehead atoms. The number of amides is 2. The van der Waals surface area contributed by atoms with Gasteiger partial charge in [0.05, 0.1) is 10.0 Å². The van der Waals surface area contributed by atoms with E-state index in [1.807, 2.05) is 18.2 Å². The molecule has 0 aromatic heterocycles. The first-order chi connectivity index (χ1) is 13.0. The lowest BCUT2D eigenvalue weighted by Crippen LogP contribution is -2.18. The third kappa shape index (κ3) is 4.46. The zero-order valence-electron chi connectivity index (χ0n) is 13.9. The number of anilines is 1. The van der Waals surface area contributed by atoms with E-state index in [2.05, 4.69) is 5.32 Å². The Labute approximate surface area is 165 Å². The van der Waals surface area contributed by atoms with Gasteiger partial charge in [0.2, 0.25) is 0 Å². The van der Waals surface area contributed by atoms with E-state index >= 15 is 0 Å². The number of benzene rings is 3. The topological polar surface area (TPSA) is 78.4 Å². The summed E-state index contributed by atoms with van der Waals surface area (Å²) in [5.74, 6) is -0.884. The van der Waals surface area contributed by atoms with Crippen LogP contribution in [0.25, 0.3) is 11.1 Å². The Bertz CT molecular complexity index is 1000. The molecule has 3 rings (SSSR count). The third-order valence-electron chi connectivity index (χ3n) is 3.88. The first-order valence-electron chi connectivity index (χ1n) is 7.89. The summed E-state index contributed by atoms with van der Waals surface area (Å²) in [6, 6.07) is 18.7. The van der Waals surface area contributed by atoms with E-state index < -0.39 is 5.91 Å². The van der Waals surface area contributed by atoms with Crippen molar-refractivity contribution in [2.75, 3.05) is 5.32 Å². The second-order valence-corrected chi connectivity index (χ2v) is 6.50. The van der Waals surface area contributed by atoms with Crippen molar-refractivity contribution in [1.29, 1.82) is 0 Å². The van der Waals surface area contributed by atoms with Gasteiger partial charge in [-0.3, -0.25) is 14.8 Å². The molecule has 7 heteroatoms. The van der Waals surface area contributed by atoms with Gasteiger partial charge in [-0.15, -0.1) is 0 Å². The molecule has 27 heavy (non-hydrogen) atoms. The molecule has 0 aliphatic heterocycles. The standard InChI is InChI=1S/C20H14Cl2N2O3/c21-17-9-8-15(11-18(17)22)19(25)23-16-3-1-2-14(10-16)12-4-6-13(7-5-12)20(26)24-27/h1-11,27H,(H,23,25)(H,24,26). The van der Waals surface area contributed by atoms with Crippen LogP contribution in [0.4, 0.5) is 5.69 Å². The first-order valence-corrected chi connectivity index (χ1v) is 8.65. The minimum atomic E-state index is -0.579. The smallest absolute Gasteiger partial charge is 0.274 e. The van der Waals surface area contributed by atoms with E-state index in [4.69, 9.17) is 28.4 Å². The highest BCUT2D eigenvalue weighted by atomic mass is 35.5. The lowest BCUT2D eigenvalue weighted by atomic mass is 10.0. The molecule has 2 amide bonds. The number of carbonyl (C=O) groups excluding carboxylic acids is 2. The SMILES string of the molecule is O=C(NO)c1ccc(-c2cccc(NC(=O)c3ccc(Cl)c(Cl)c3)c2)cc1. The zero-order chi connectivity index (χ0) is 19.4. The summed E-state index contributed by atoms with van der Waals surface area (Å²) in [4.78, 5) is 23.8. The van der Waals surface area contributed by atoms with E-state index in [-0.39, 0.29) is 5.91 Å². The van der Waals surface area contributed by atoms with Crippen LogP contribution < -0.4 is 10.8 Å². The van der Waals surface area contributed by atoms with Gasteiger partial charge in [-0.05, 0) is 53.6 Å². The molecule has 0 fully saturated rings. The Morgan fingerprint density at radius 3 is 2.11 bits per heavy atom. The maximum atomic E-state index is 12.4. The van der Waals surface area contributed by atoms with Crippen LogP contribution in [0, 0.1) is 0 Å². The van der Waals surface area contributed by atoms with Crippen molar-refractivity contribution in [1.82, 2.24) is 5.48 Å². The van der Waals surface area contributed by atoms with E-state index in [9.17, 15) is 9.59 Å². The normalized spacial score (nSPS) is 10.3. The number of hydroxylamine groups is 1. The number of nitrogens with one attached hydrogen (secondary N) is 2. The van der Waals surface area contributed by atoms with Crippen LogP contribution >= 0.6 is 23.2 Å². The van der Waals surface area contributed by atoms with Crippen LogP contribution in [0.2, 0.25) is 10.0 Å². The highest BCUT2D eigenvalue weighted by Crippen LogP contribution is 2.25. The van der Waals surface area contributed by atoms with Gasteiger partial charge in [0.15, 0.2) is 0 Å². The van der Waals surface area contributed by atoms with Gasteiger partial charge in [0.1, 0.15) is 0 Å². The van der Waals surface area contributed by atoms with Crippen molar-refractivity contribution >= 4 is 40.7 Å². The molecule has 0 unspecified atom stereocenters. The summed E-state index contributed by atoms with van der Waals surface area (Å²) < 4.78 is 0. The Kier molecular flexibility index (Phi) is 5.76. The van der Waals surface area contributed by atoms with Crippen LogP contribution in [0.3, 0.4) is 0 Å². The average molecular weight is 401 g/mol. The summed E-state index contributed by atoms with van der Waals surface area (Å²) in [6.07, 6.45) is 0. The number of carbonyl (C=O) groups is 2. The molecule has 0 radical (unpaired) electrons. The van der Waals surface area contributed by atoms with Gasteiger partial charge < -0.3 is 5.32 Å². The molecule has 3 N–H and O–H groups in total. The largest absolute Gasteiger partial charge is 0.322 e. The molecule has 3 aromatic carbocycles. The molecular formula is C20H14Cl2N2O3. The van der Waals surface area contributed by atoms with Crippen molar-refractivity contribution in [3.05, 3.63) is 87.9 Å². The van der Waals surface area contributed by atoms with Gasteiger partial charge in [0, 0.05) is 16.8 Å². The number of hydrogen-bond donors (Lipinski definition) is 3. The van der Waals surface area contributed by atoms with E-state index in [0.29, 0.717) is 26.9 Å². The van der Waals surface area contributed by atoms with Crippen molar-refractivity contribution < 1.29 is 14.8 Å². The van der Waals surface area contributed by atoms with Gasteiger partial charge in [-0.2, -0.15) is 0 Å². The van der Waals surface area contributed by atoms with Gasteiger partial charge in [-0.1, -0.05) is 47.5 Å². The molecule has 0 aliphatic carbocycles. The lowest BCUT2D eigenvalue weighted by molar-refractivity contribution is 0.0706. The van der Waals surface area contributed by atoms with Crippen LogP contribution in [0.5, 0.6) is 0 Å². The maximum absolute atomic E-state index is 12.4. The zero-order valence-corrected chi connectivity index (χ0v) is 15.4. The molecule has 0 saturated carbocycles. The molecular weight excluding hydrogens is 387 g/mol. The number of halogens is 2. The maximum Gasteiger partial charge on any atom is 0.274 e. The minimum absolute atomic E-state index is 0.305. The molecule has 3 aromatic rings. The molecule has 0 spiro atoms. The van der Waals surface area contributed by atoms with Gasteiger partial charge in [-0.25, -0.2) is 5.48 Å². The summed E-state index contributed by atoms with van der Waals surface area (Å²) in [7, 11) is 0. The Hall–Kier alpha value is -2.86. The Balaban J connectivity index is 1.80. The van der Waals surface area contributed by atoms with E-state index in [0.717, 1.165) is 11.1 Å². The molecule has 136 valence electrons. The Morgan fingerprint density at radius 1 is 0.741 bits per heavy atom. The highest BCUT2D eigenvalue weighted by molar-refractivity contribution is 6.42. The first kappa shape index (κ1) is 18.9. The van der Waals surface area contributed by atoms with Crippen molar-refractivity contribution in [2.45, 2.75) is 0 Å². The third-order valence-corrected chi connectivity index (χ3v) is 4.62. The molecule has 0 heterocycles. The average Bonchev–Trinajstić information content (AvgIpc) is 2.69. The summed E-state index contributed by atoms with van der Waals surface area (Å²) >= 11 is 11.8. The fraction of sp³-hybridized carbons (Fsp3) is 0. The fourth-order valence-electron chi connectivity index (χ4n) is 2.50. The van der Waals surface area contributed by atoms with E-state index in [1.165, 1.54) is 6.07 Å². The second-order valence-electron chi connectivity index (χ2n) is 5.68. The summed E-state index contributed by atoms with van der Waals surface area (Å²) in [6.45, 7) is 0. The highest BCUT2D eigenvalue weighted by Gasteiger charge is 2.10. The van der Waals surface area contributed by atoms with Gasteiger partial charge in [0.25, 0.3) is 11.8 Å². The minimum Gasteiger partial charge on any atom is -0.322 e. The van der Waals surface area contributed by atoms with Crippen LogP contribution in [0.15, 0.2) is 66.7 Å². The predicted molar refractivity (Wildman–Crippen MR) is 106 cm³/mol. The second kappa shape index (κ2) is 8.22. The van der Waals surface area contributed by atoms with Crippen LogP contribution in [-0.2, 0) is 0 Å². The number of rotatable bonds is 4. The van der Waals surface area contributed by atoms with Gasteiger partial charge >= 0.3 is 0 Å². The fourth-order valence-corrected chi connectivity index (χ4v) is 2.79. The lowest BCUT2D eigenvalue weighted by Gasteiger charge is -2.09. The molecule has 0 saturated heterocycles. The summed E-state index contributed by atoms with van der Waals surface area (Å²) in [5.41, 5.74) is 4.65. The van der Waals surface area contributed by atoms with Crippen molar-refractivity contribution in [3.8, 4) is 11.1 Å². The number of hydrogen-bond acceptors (Lipinski definition) is 3. The quantitative estimate of drug-likeness (QED) is 0.424.